The Morgan fingerprint density at radius 3 is 2.44 bits per heavy atom. The Morgan fingerprint density at radius 1 is 1.32 bits per heavy atom. The maximum atomic E-state index is 12.3. The number of likely N-dealkylation sites (N-methyl/N-ethyl adjacent to an activating group) is 1. The van der Waals surface area contributed by atoms with Gasteiger partial charge in [0.05, 0.1) is 12.6 Å². The first-order valence-electron chi connectivity index (χ1n) is 7.97. The molecule has 1 rings (SSSR count). The maximum Gasteiger partial charge on any atom is 0.320 e. The summed E-state index contributed by atoms with van der Waals surface area (Å²) in [5.41, 5.74) is 0. The maximum absolute atomic E-state index is 12.3. The van der Waals surface area contributed by atoms with Gasteiger partial charge in [0, 0.05) is 12.1 Å². The Hall–Kier alpha value is -1.50. The van der Waals surface area contributed by atoms with Gasteiger partial charge in [-0.2, -0.15) is 0 Å². The molecule has 0 spiro atoms. The second kappa shape index (κ2) is 12.0. The van der Waals surface area contributed by atoms with Gasteiger partial charge in [0.2, 0.25) is 5.91 Å². The molecule has 1 aromatic rings. The zero-order valence-corrected chi connectivity index (χ0v) is 16.3. The molecule has 0 aromatic heterocycles. The van der Waals surface area contributed by atoms with E-state index in [1.165, 1.54) is 4.90 Å². The first-order chi connectivity index (χ1) is 11.3. The normalized spacial score (nSPS) is 12.6. The highest BCUT2D eigenvalue weighted by Gasteiger charge is 2.24. The quantitative estimate of drug-likeness (QED) is 0.639. The zero-order chi connectivity index (χ0) is 18.1. The Labute approximate surface area is 159 Å². The van der Waals surface area contributed by atoms with Gasteiger partial charge in [0.1, 0.15) is 18.4 Å². The fourth-order valence-electron chi connectivity index (χ4n) is 2.21. The Bertz CT molecular complexity index is 540. The lowest BCUT2D eigenvalue weighted by Gasteiger charge is -2.24. The van der Waals surface area contributed by atoms with Crippen molar-refractivity contribution >= 4 is 35.9 Å². The third kappa shape index (κ3) is 8.43. The average molecular weight is 393 g/mol. The molecule has 0 saturated heterocycles. The van der Waals surface area contributed by atoms with Crippen LogP contribution in [-0.2, 0) is 9.59 Å². The molecule has 6 nitrogen and oxygen atoms in total. The van der Waals surface area contributed by atoms with E-state index in [9.17, 15) is 9.59 Å². The number of carbonyl (C=O) groups excluding carboxylic acids is 1. The van der Waals surface area contributed by atoms with Gasteiger partial charge in [-0.3, -0.25) is 14.9 Å². The van der Waals surface area contributed by atoms with Crippen LogP contribution in [0.15, 0.2) is 24.3 Å². The number of nitrogens with zero attached hydrogens (tertiary/aromatic N) is 1. The smallest absolute Gasteiger partial charge is 0.320 e. The molecular formula is C17H26Cl2N2O4. The Morgan fingerprint density at radius 2 is 1.92 bits per heavy atom. The number of rotatable bonds is 10. The van der Waals surface area contributed by atoms with Crippen LogP contribution in [0.1, 0.15) is 26.7 Å². The van der Waals surface area contributed by atoms with Crippen LogP contribution in [0.25, 0.3) is 0 Å². The predicted octanol–water partition coefficient (Wildman–Crippen LogP) is 2.83. The number of ether oxygens (including phenoxy) is 1. The number of carboxylic acid groups (broad SMARTS) is 1. The highest BCUT2D eigenvalue weighted by molar-refractivity contribution is 6.30. The molecule has 2 atom stereocenters. The van der Waals surface area contributed by atoms with Crippen LogP contribution in [0, 0.1) is 0 Å². The van der Waals surface area contributed by atoms with E-state index in [1.807, 2.05) is 6.92 Å². The van der Waals surface area contributed by atoms with E-state index >= 15 is 0 Å². The van der Waals surface area contributed by atoms with Gasteiger partial charge in [-0.25, -0.2) is 0 Å². The van der Waals surface area contributed by atoms with E-state index in [4.69, 9.17) is 21.4 Å². The number of carbonyl (C=O) groups is 2. The van der Waals surface area contributed by atoms with Crippen molar-refractivity contribution in [3.63, 3.8) is 0 Å². The van der Waals surface area contributed by atoms with Crippen LogP contribution in [0.3, 0.4) is 0 Å². The molecule has 1 aromatic carbocycles. The predicted molar refractivity (Wildman–Crippen MR) is 101 cm³/mol. The van der Waals surface area contributed by atoms with E-state index in [1.54, 1.807) is 38.2 Å². The topological polar surface area (TPSA) is 78.9 Å². The van der Waals surface area contributed by atoms with Gasteiger partial charge in [0.25, 0.3) is 0 Å². The average Bonchev–Trinajstić information content (AvgIpc) is 2.55. The summed E-state index contributed by atoms with van der Waals surface area (Å²) in [7, 11) is 1.67. The van der Waals surface area contributed by atoms with E-state index in [-0.39, 0.29) is 18.3 Å². The number of hydrogen-bond donors (Lipinski definition) is 2. The van der Waals surface area contributed by atoms with Crippen LogP contribution >= 0.6 is 24.0 Å². The van der Waals surface area contributed by atoms with E-state index in [0.717, 1.165) is 6.42 Å². The fraction of sp³-hybridized carbons (Fsp3) is 0.529. The van der Waals surface area contributed by atoms with Gasteiger partial charge in [0.15, 0.2) is 0 Å². The van der Waals surface area contributed by atoms with Crippen molar-refractivity contribution in [1.29, 1.82) is 0 Å². The van der Waals surface area contributed by atoms with Crippen molar-refractivity contribution in [3.8, 4) is 5.75 Å². The van der Waals surface area contributed by atoms with E-state index < -0.39 is 18.1 Å². The molecule has 142 valence electrons. The summed E-state index contributed by atoms with van der Waals surface area (Å²) in [5, 5.41) is 12.6. The van der Waals surface area contributed by atoms with Crippen LogP contribution in [0.2, 0.25) is 5.02 Å². The Kier molecular flexibility index (Phi) is 11.2. The number of amides is 1. The first-order valence-corrected chi connectivity index (χ1v) is 8.35. The number of hydrogen-bond acceptors (Lipinski definition) is 4. The lowest BCUT2D eigenvalue weighted by atomic mass is 10.1. The molecule has 0 radical (unpaired) electrons. The summed E-state index contributed by atoms with van der Waals surface area (Å²) in [5.74, 6) is -0.428. The molecule has 0 bridgehead atoms. The summed E-state index contributed by atoms with van der Waals surface area (Å²) in [6.45, 7) is 4.32. The van der Waals surface area contributed by atoms with Crippen molar-refractivity contribution in [1.82, 2.24) is 10.2 Å². The summed E-state index contributed by atoms with van der Waals surface area (Å²) in [6.07, 6.45) is 1.21. The van der Waals surface area contributed by atoms with E-state index in [2.05, 4.69) is 5.32 Å². The van der Waals surface area contributed by atoms with Gasteiger partial charge >= 0.3 is 5.97 Å². The standard InChI is InChI=1S/C17H25ClN2O4.ClH/c1-4-5-15(17(22)23)19-12(2)16(21)20(3)10-11-24-14-8-6-13(18)7-9-14;/h6-9,12,15,19H,4-5,10-11H2,1-3H3,(H,22,23);1H. The molecular weight excluding hydrogens is 367 g/mol. The van der Waals surface area contributed by atoms with Gasteiger partial charge in [-0.05, 0) is 37.6 Å². The second-order valence-electron chi connectivity index (χ2n) is 5.63. The number of carboxylic acids is 1. The molecule has 0 aliphatic carbocycles. The minimum Gasteiger partial charge on any atom is -0.492 e. The molecule has 2 unspecified atom stereocenters. The van der Waals surface area contributed by atoms with Crippen LogP contribution in [0.5, 0.6) is 5.75 Å². The van der Waals surface area contributed by atoms with Crippen LogP contribution in [0.4, 0.5) is 0 Å². The largest absolute Gasteiger partial charge is 0.492 e. The van der Waals surface area contributed by atoms with Crippen molar-refractivity contribution in [2.45, 2.75) is 38.8 Å². The second-order valence-corrected chi connectivity index (χ2v) is 6.07. The summed E-state index contributed by atoms with van der Waals surface area (Å²) in [6, 6.07) is 5.70. The molecule has 0 aliphatic heterocycles. The lowest BCUT2D eigenvalue weighted by molar-refractivity contribution is -0.140. The van der Waals surface area contributed by atoms with Crippen molar-refractivity contribution in [2.75, 3.05) is 20.2 Å². The summed E-state index contributed by atoms with van der Waals surface area (Å²) < 4.78 is 5.55. The molecule has 0 saturated carbocycles. The van der Waals surface area contributed by atoms with Crippen LogP contribution in [-0.4, -0.2) is 54.2 Å². The summed E-state index contributed by atoms with van der Waals surface area (Å²) in [4.78, 5) is 25.0. The number of aliphatic carboxylic acids is 1. The summed E-state index contributed by atoms with van der Waals surface area (Å²) >= 11 is 5.80. The van der Waals surface area contributed by atoms with Crippen molar-refractivity contribution < 1.29 is 19.4 Å². The number of nitrogens with one attached hydrogen (secondary N) is 1. The highest BCUT2D eigenvalue weighted by Crippen LogP contribution is 2.15. The molecule has 0 aliphatic rings. The SMILES string of the molecule is CCCC(NC(C)C(=O)N(C)CCOc1ccc(Cl)cc1)C(=O)O.Cl. The third-order valence-electron chi connectivity index (χ3n) is 3.58. The number of benzene rings is 1. The van der Waals surface area contributed by atoms with Crippen molar-refractivity contribution in [2.24, 2.45) is 0 Å². The molecule has 25 heavy (non-hydrogen) atoms. The van der Waals surface area contributed by atoms with Gasteiger partial charge in [-0.1, -0.05) is 24.9 Å². The van der Waals surface area contributed by atoms with Gasteiger partial charge in [-0.15, -0.1) is 12.4 Å². The van der Waals surface area contributed by atoms with Crippen LogP contribution < -0.4 is 10.1 Å². The monoisotopic (exact) mass is 392 g/mol. The van der Waals surface area contributed by atoms with Gasteiger partial charge < -0.3 is 14.7 Å². The van der Waals surface area contributed by atoms with E-state index in [0.29, 0.717) is 30.3 Å². The third-order valence-corrected chi connectivity index (χ3v) is 3.83. The molecule has 1 amide bonds. The Balaban J connectivity index is 0.00000576. The van der Waals surface area contributed by atoms with Crippen molar-refractivity contribution in [3.05, 3.63) is 29.3 Å². The minimum atomic E-state index is -0.940. The first kappa shape index (κ1) is 23.5. The minimum absolute atomic E-state index is 0. The lowest BCUT2D eigenvalue weighted by Crippen LogP contribution is -2.50. The molecule has 2 N–H and O–H groups in total. The molecule has 0 fully saturated rings. The fourth-order valence-corrected chi connectivity index (χ4v) is 2.34. The highest BCUT2D eigenvalue weighted by atomic mass is 35.5. The molecule has 8 heteroatoms. The number of halogens is 2. The zero-order valence-electron chi connectivity index (χ0n) is 14.7. The molecule has 0 heterocycles.